The Morgan fingerprint density at radius 2 is 1.68 bits per heavy atom. The van der Waals surface area contributed by atoms with Crippen LogP contribution in [0.5, 0.6) is 0 Å². The summed E-state index contributed by atoms with van der Waals surface area (Å²) in [6.07, 6.45) is 1.70. The summed E-state index contributed by atoms with van der Waals surface area (Å²) in [5, 5.41) is 0.717. The molecule has 1 aromatic rings. The van der Waals surface area contributed by atoms with Gasteiger partial charge in [0.05, 0.1) is 16.8 Å². The molecular formula is C14H21BClNO2. The van der Waals surface area contributed by atoms with Crippen LogP contribution < -0.4 is 5.59 Å². The second-order valence-corrected chi connectivity index (χ2v) is 6.74. The van der Waals surface area contributed by atoms with Gasteiger partial charge in [0.25, 0.3) is 0 Å². The van der Waals surface area contributed by atoms with Crippen molar-refractivity contribution >= 4 is 24.3 Å². The molecule has 0 spiro atoms. The Kier molecular flexibility index (Phi) is 3.71. The average Bonchev–Trinajstić information content (AvgIpc) is 2.47. The number of aromatic nitrogens is 1. The van der Waals surface area contributed by atoms with E-state index in [9.17, 15) is 0 Å². The highest BCUT2D eigenvalue weighted by molar-refractivity contribution is 6.62. The normalized spacial score (nSPS) is 21.2. The third-order valence-electron chi connectivity index (χ3n) is 4.02. The molecule has 0 N–H and O–H groups in total. The van der Waals surface area contributed by atoms with Crippen molar-refractivity contribution in [1.82, 2.24) is 4.98 Å². The third kappa shape index (κ3) is 2.54. The SMILES string of the molecule is CC(C)c1c(Cl)ccnc1B1OC(C)(C)C(C)(C)O1. The van der Waals surface area contributed by atoms with Gasteiger partial charge < -0.3 is 9.31 Å². The molecule has 1 aliphatic rings. The zero-order valence-corrected chi connectivity index (χ0v) is 13.2. The minimum Gasteiger partial charge on any atom is -0.398 e. The van der Waals surface area contributed by atoms with Crippen molar-refractivity contribution in [2.75, 3.05) is 0 Å². The van der Waals surface area contributed by atoms with Crippen LogP contribution in [-0.4, -0.2) is 23.3 Å². The van der Waals surface area contributed by atoms with Crippen molar-refractivity contribution in [3.8, 4) is 0 Å². The van der Waals surface area contributed by atoms with Crippen LogP contribution in [-0.2, 0) is 9.31 Å². The van der Waals surface area contributed by atoms with Crippen molar-refractivity contribution in [2.45, 2.75) is 58.7 Å². The third-order valence-corrected chi connectivity index (χ3v) is 4.35. The van der Waals surface area contributed by atoms with E-state index in [-0.39, 0.29) is 17.1 Å². The molecule has 0 bridgehead atoms. The van der Waals surface area contributed by atoms with Crippen LogP contribution in [0.15, 0.2) is 12.3 Å². The standard InChI is InChI=1S/C14H21BClNO2/c1-9(2)11-10(16)7-8-17-12(11)15-18-13(3,4)14(5,6)19-15/h7-9H,1-6H3. The predicted molar refractivity (Wildman–Crippen MR) is 79.1 cm³/mol. The Morgan fingerprint density at radius 3 is 2.16 bits per heavy atom. The van der Waals surface area contributed by atoms with Crippen molar-refractivity contribution in [2.24, 2.45) is 0 Å². The largest absolute Gasteiger partial charge is 0.514 e. The van der Waals surface area contributed by atoms with Crippen LogP contribution in [0.3, 0.4) is 0 Å². The van der Waals surface area contributed by atoms with Crippen molar-refractivity contribution in [3.63, 3.8) is 0 Å². The molecule has 5 heteroatoms. The maximum Gasteiger partial charge on any atom is 0.514 e. The number of hydrogen-bond acceptors (Lipinski definition) is 3. The minimum absolute atomic E-state index is 0.273. The molecule has 1 aliphatic heterocycles. The van der Waals surface area contributed by atoms with E-state index in [0.717, 1.165) is 16.2 Å². The molecule has 2 rings (SSSR count). The van der Waals surface area contributed by atoms with E-state index in [1.807, 2.05) is 33.8 Å². The highest BCUT2D eigenvalue weighted by Gasteiger charge is 2.53. The molecule has 0 unspecified atom stereocenters. The Hall–Kier alpha value is -0.575. The smallest absolute Gasteiger partial charge is 0.398 e. The van der Waals surface area contributed by atoms with Gasteiger partial charge in [0.1, 0.15) is 0 Å². The van der Waals surface area contributed by atoms with Gasteiger partial charge in [-0.15, -0.1) is 0 Å². The summed E-state index contributed by atoms with van der Waals surface area (Å²) in [6.45, 7) is 12.3. The van der Waals surface area contributed by atoms with Gasteiger partial charge in [-0.2, -0.15) is 0 Å². The molecule has 0 amide bonds. The quantitative estimate of drug-likeness (QED) is 0.780. The number of halogens is 1. The highest BCUT2D eigenvalue weighted by atomic mass is 35.5. The van der Waals surface area contributed by atoms with Gasteiger partial charge in [0.15, 0.2) is 0 Å². The van der Waals surface area contributed by atoms with Crippen molar-refractivity contribution in [1.29, 1.82) is 0 Å². The molecule has 19 heavy (non-hydrogen) atoms. The lowest BCUT2D eigenvalue weighted by atomic mass is 9.78. The van der Waals surface area contributed by atoms with Gasteiger partial charge in [-0.05, 0) is 45.2 Å². The van der Waals surface area contributed by atoms with Crippen molar-refractivity contribution < 1.29 is 9.31 Å². The summed E-state index contributed by atoms with van der Waals surface area (Å²) >= 11 is 6.29. The zero-order valence-electron chi connectivity index (χ0n) is 12.5. The number of pyridine rings is 1. The first kappa shape index (κ1) is 14.8. The molecule has 2 heterocycles. The summed E-state index contributed by atoms with van der Waals surface area (Å²) < 4.78 is 12.1. The first-order valence-electron chi connectivity index (χ1n) is 6.65. The topological polar surface area (TPSA) is 31.4 Å². The van der Waals surface area contributed by atoms with Crippen LogP contribution >= 0.6 is 11.6 Å². The monoisotopic (exact) mass is 281 g/mol. The second kappa shape index (κ2) is 4.76. The zero-order chi connectivity index (χ0) is 14.4. The molecule has 104 valence electrons. The number of hydrogen-bond donors (Lipinski definition) is 0. The molecule has 3 nitrogen and oxygen atoms in total. The fourth-order valence-corrected chi connectivity index (χ4v) is 2.55. The van der Waals surface area contributed by atoms with E-state index in [2.05, 4.69) is 18.8 Å². The van der Waals surface area contributed by atoms with Gasteiger partial charge >= 0.3 is 7.12 Å². The predicted octanol–water partition coefficient (Wildman–Crippen LogP) is 3.16. The van der Waals surface area contributed by atoms with Gasteiger partial charge in [-0.1, -0.05) is 25.4 Å². The molecule has 1 saturated heterocycles. The van der Waals surface area contributed by atoms with E-state index in [1.54, 1.807) is 6.20 Å². The Balaban J connectivity index is 2.43. The average molecular weight is 282 g/mol. The van der Waals surface area contributed by atoms with Crippen LogP contribution in [0.2, 0.25) is 5.02 Å². The fourth-order valence-electron chi connectivity index (χ4n) is 2.18. The molecule has 0 atom stereocenters. The highest BCUT2D eigenvalue weighted by Crippen LogP contribution is 2.37. The lowest BCUT2D eigenvalue weighted by molar-refractivity contribution is 0.00578. The fraction of sp³-hybridized carbons (Fsp3) is 0.643. The summed E-state index contributed by atoms with van der Waals surface area (Å²) in [5.74, 6) is 0.273. The van der Waals surface area contributed by atoms with E-state index >= 15 is 0 Å². The summed E-state index contributed by atoms with van der Waals surface area (Å²) in [6, 6.07) is 1.81. The first-order valence-corrected chi connectivity index (χ1v) is 7.03. The molecule has 0 aromatic carbocycles. The van der Waals surface area contributed by atoms with Crippen LogP contribution in [0.4, 0.5) is 0 Å². The lowest BCUT2D eigenvalue weighted by Crippen LogP contribution is -2.41. The molecule has 1 aromatic heterocycles. The minimum atomic E-state index is -0.457. The molecule has 0 saturated carbocycles. The molecule has 1 fully saturated rings. The summed E-state index contributed by atoms with van der Waals surface area (Å²) in [5.41, 5.74) is 1.06. The van der Waals surface area contributed by atoms with Gasteiger partial charge in [-0.3, -0.25) is 4.98 Å². The van der Waals surface area contributed by atoms with E-state index in [1.165, 1.54) is 0 Å². The number of rotatable bonds is 2. The Bertz CT molecular complexity index is 472. The van der Waals surface area contributed by atoms with Gasteiger partial charge in [0, 0.05) is 11.2 Å². The lowest BCUT2D eigenvalue weighted by Gasteiger charge is -2.32. The van der Waals surface area contributed by atoms with E-state index < -0.39 is 7.12 Å². The van der Waals surface area contributed by atoms with E-state index in [4.69, 9.17) is 20.9 Å². The number of nitrogens with zero attached hydrogens (tertiary/aromatic N) is 1. The molecular weight excluding hydrogens is 260 g/mol. The van der Waals surface area contributed by atoms with Crippen LogP contribution in [0, 0.1) is 0 Å². The maximum absolute atomic E-state index is 6.29. The van der Waals surface area contributed by atoms with Gasteiger partial charge in [-0.25, -0.2) is 0 Å². The molecule has 0 aliphatic carbocycles. The van der Waals surface area contributed by atoms with Crippen LogP contribution in [0.1, 0.15) is 53.0 Å². The van der Waals surface area contributed by atoms with Crippen molar-refractivity contribution in [3.05, 3.63) is 22.8 Å². The summed E-state index contributed by atoms with van der Waals surface area (Å²) in [4.78, 5) is 4.44. The molecule has 0 radical (unpaired) electrons. The Morgan fingerprint density at radius 1 is 1.16 bits per heavy atom. The Labute approximate surface area is 120 Å². The second-order valence-electron chi connectivity index (χ2n) is 6.33. The maximum atomic E-state index is 6.29. The van der Waals surface area contributed by atoms with Crippen LogP contribution in [0.25, 0.3) is 0 Å². The summed E-state index contributed by atoms with van der Waals surface area (Å²) in [7, 11) is -0.457. The van der Waals surface area contributed by atoms with Gasteiger partial charge in [0.2, 0.25) is 0 Å². The van der Waals surface area contributed by atoms with E-state index in [0.29, 0.717) is 0 Å². The first-order chi connectivity index (χ1) is 8.66.